The van der Waals surface area contributed by atoms with Crippen LogP contribution in [0.2, 0.25) is 0 Å². The first-order valence-corrected chi connectivity index (χ1v) is 9.79. The molecule has 0 aliphatic carbocycles. The zero-order valence-corrected chi connectivity index (χ0v) is 17.7. The van der Waals surface area contributed by atoms with Crippen LogP contribution in [0.4, 0.5) is 0 Å². The van der Waals surface area contributed by atoms with Gasteiger partial charge in [-0.1, -0.05) is 48.5 Å². The molecule has 0 aliphatic rings. The van der Waals surface area contributed by atoms with Crippen LogP contribution in [-0.4, -0.2) is 25.2 Å². The fourth-order valence-corrected chi connectivity index (χ4v) is 2.73. The summed E-state index contributed by atoms with van der Waals surface area (Å²) in [5.41, 5.74) is 1.13. The average molecular weight is 327 g/mol. The summed E-state index contributed by atoms with van der Waals surface area (Å²) in [7, 11) is 0. The molecule has 0 aromatic heterocycles. The molecule has 2 nitrogen and oxygen atoms in total. The molecule has 23 heavy (non-hydrogen) atoms. The summed E-state index contributed by atoms with van der Waals surface area (Å²) in [6.07, 6.45) is 6.37. The van der Waals surface area contributed by atoms with Gasteiger partial charge in [0.25, 0.3) is 0 Å². The first kappa shape index (κ1) is 22.9. The molecule has 0 aliphatic heterocycles. The fraction of sp³-hybridized carbons (Fsp3) is 1.00. The predicted octanol–water partition coefficient (Wildman–Crippen LogP) is 5.62. The van der Waals surface area contributed by atoms with E-state index in [1.54, 1.807) is 0 Å². The van der Waals surface area contributed by atoms with Crippen LogP contribution >= 0.6 is 0 Å². The van der Waals surface area contributed by atoms with E-state index in [9.17, 15) is 0 Å². The molecule has 0 spiro atoms. The van der Waals surface area contributed by atoms with Gasteiger partial charge in [0, 0.05) is 5.54 Å². The molecule has 0 bridgehead atoms. The van der Waals surface area contributed by atoms with Crippen LogP contribution in [0.3, 0.4) is 0 Å². The Kier molecular flexibility index (Phi) is 10.00. The summed E-state index contributed by atoms with van der Waals surface area (Å²) in [4.78, 5) is 0. The minimum absolute atomic E-state index is 0.251. The molecule has 0 saturated heterocycles. The monoisotopic (exact) mass is 326 g/mol. The quantitative estimate of drug-likeness (QED) is 0.455. The first-order valence-electron chi connectivity index (χ1n) is 9.79. The lowest BCUT2D eigenvalue weighted by Crippen LogP contribution is -2.41. The van der Waals surface area contributed by atoms with Crippen molar-refractivity contribution in [1.82, 2.24) is 10.6 Å². The number of rotatable bonds is 12. The van der Waals surface area contributed by atoms with Gasteiger partial charge < -0.3 is 10.6 Å². The average Bonchev–Trinajstić information content (AvgIpc) is 2.37. The van der Waals surface area contributed by atoms with Gasteiger partial charge in [0.1, 0.15) is 0 Å². The molecular weight excluding hydrogens is 280 g/mol. The molecule has 0 unspecified atom stereocenters. The predicted molar refractivity (Wildman–Crippen MR) is 106 cm³/mol. The van der Waals surface area contributed by atoms with E-state index in [-0.39, 0.29) is 5.54 Å². The van der Waals surface area contributed by atoms with Gasteiger partial charge in [-0.05, 0) is 82.3 Å². The van der Waals surface area contributed by atoms with Gasteiger partial charge in [0.05, 0.1) is 0 Å². The van der Waals surface area contributed by atoms with E-state index in [0.29, 0.717) is 10.8 Å². The van der Waals surface area contributed by atoms with E-state index >= 15 is 0 Å². The molecule has 140 valence electrons. The summed E-state index contributed by atoms with van der Waals surface area (Å²) in [6, 6.07) is 0. The summed E-state index contributed by atoms with van der Waals surface area (Å²) in [5.74, 6) is 0.745. The van der Waals surface area contributed by atoms with E-state index in [1.807, 2.05) is 0 Å². The molecule has 0 amide bonds. The van der Waals surface area contributed by atoms with E-state index in [4.69, 9.17) is 0 Å². The third-order valence-electron chi connectivity index (χ3n) is 4.67. The second-order valence-corrected chi connectivity index (χ2v) is 10.5. The fourth-order valence-electron chi connectivity index (χ4n) is 2.73. The van der Waals surface area contributed by atoms with Crippen LogP contribution in [0.25, 0.3) is 0 Å². The van der Waals surface area contributed by atoms with Crippen molar-refractivity contribution in [2.24, 2.45) is 16.7 Å². The molecule has 2 heteroatoms. The maximum Gasteiger partial charge on any atom is 0.0125 e. The van der Waals surface area contributed by atoms with Gasteiger partial charge >= 0.3 is 0 Å². The van der Waals surface area contributed by atoms with Crippen LogP contribution in [-0.2, 0) is 0 Å². The molecule has 0 radical (unpaired) electrons. The lowest BCUT2D eigenvalue weighted by Gasteiger charge is -2.32. The third-order valence-corrected chi connectivity index (χ3v) is 4.67. The Morgan fingerprint density at radius 2 is 1.35 bits per heavy atom. The Balaban J connectivity index is 3.95. The van der Waals surface area contributed by atoms with E-state index in [2.05, 4.69) is 72.9 Å². The highest BCUT2D eigenvalue weighted by molar-refractivity contribution is 4.82. The maximum atomic E-state index is 3.77. The molecule has 0 saturated carbocycles. The van der Waals surface area contributed by atoms with Crippen molar-refractivity contribution in [2.45, 2.75) is 100.0 Å². The Hall–Kier alpha value is -0.0800. The van der Waals surface area contributed by atoms with Crippen LogP contribution < -0.4 is 10.6 Å². The van der Waals surface area contributed by atoms with Gasteiger partial charge in [-0.3, -0.25) is 0 Å². The van der Waals surface area contributed by atoms with Gasteiger partial charge in [-0.2, -0.15) is 0 Å². The maximum absolute atomic E-state index is 3.77. The van der Waals surface area contributed by atoms with Crippen molar-refractivity contribution in [3.05, 3.63) is 0 Å². The molecule has 2 N–H and O–H groups in total. The molecule has 0 heterocycles. The standard InChI is InChI=1S/C21H46N2/c1-18(2)17-22-16-14-20(6,7)12-13-21(8,9)23-15-10-11-19(3,4)5/h18,22-23H,10-17H2,1-9H3. The molecule has 0 aromatic carbocycles. The van der Waals surface area contributed by atoms with Gasteiger partial charge in [0.15, 0.2) is 0 Å². The second-order valence-electron chi connectivity index (χ2n) is 10.5. The number of nitrogens with one attached hydrogen (secondary N) is 2. The minimum atomic E-state index is 0.251. The Labute approximate surface area is 147 Å². The largest absolute Gasteiger partial charge is 0.316 e. The van der Waals surface area contributed by atoms with Crippen molar-refractivity contribution in [1.29, 1.82) is 0 Å². The van der Waals surface area contributed by atoms with Crippen molar-refractivity contribution >= 4 is 0 Å². The van der Waals surface area contributed by atoms with Crippen molar-refractivity contribution < 1.29 is 0 Å². The molecule has 0 rings (SSSR count). The highest BCUT2D eigenvalue weighted by Gasteiger charge is 2.24. The van der Waals surface area contributed by atoms with Crippen molar-refractivity contribution in [2.75, 3.05) is 19.6 Å². The summed E-state index contributed by atoms with van der Waals surface area (Å²) < 4.78 is 0. The zero-order valence-electron chi connectivity index (χ0n) is 17.7. The topological polar surface area (TPSA) is 24.1 Å². The van der Waals surface area contributed by atoms with Gasteiger partial charge in [-0.15, -0.1) is 0 Å². The Bertz CT molecular complexity index is 297. The van der Waals surface area contributed by atoms with Gasteiger partial charge in [0.2, 0.25) is 0 Å². The van der Waals surface area contributed by atoms with Gasteiger partial charge in [-0.25, -0.2) is 0 Å². The summed E-state index contributed by atoms with van der Waals surface area (Å²) in [5, 5.41) is 7.35. The van der Waals surface area contributed by atoms with Crippen molar-refractivity contribution in [3.63, 3.8) is 0 Å². The van der Waals surface area contributed by atoms with Crippen LogP contribution in [0.1, 0.15) is 94.4 Å². The molecule has 0 atom stereocenters. The van der Waals surface area contributed by atoms with Crippen LogP contribution in [0.5, 0.6) is 0 Å². The second kappa shape index (κ2) is 10.0. The highest BCUT2D eigenvalue weighted by atomic mass is 14.9. The van der Waals surface area contributed by atoms with E-state index in [1.165, 1.54) is 32.1 Å². The zero-order chi connectivity index (χ0) is 18.1. The van der Waals surface area contributed by atoms with Crippen molar-refractivity contribution in [3.8, 4) is 0 Å². The molecule has 0 fully saturated rings. The first-order chi connectivity index (χ1) is 10.3. The summed E-state index contributed by atoms with van der Waals surface area (Å²) in [6.45, 7) is 24.5. The SMILES string of the molecule is CC(C)CNCCC(C)(C)CCC(C)(C)NCCCC(C)(C)C. The lowest BCUT2D eigenvalue weighted by molar-refractivity contribution is 0.240. The number of hydrogen-bond acceptors (Lipinski definition) is 2. The van der Waals surface area contributed by atoms with E-state index in [0.717, 1.165) is 25.6 Å². The minimum Gasteiger partial charge on any atom is -0.316 e. The number of hydrogen-bond donors (Lipinski definition) is 2. The smallest absolute Gasteiger partial charge is 0.0125 e. The Morgan fingerprint density at radius 1 is 0.739 bits per heavy atom. The summed E-state index contributed by atoms with van der Waals surface area (Å²) >= 11 is 0. The normalized spacial score (nSPS) is 13.8. The third kappa shape index (κ3) is 15.2. The molecule has 0 aromatic rings. The van der Waals surface area contributed by atoms with Crippen LogP contribution in [0, 0.1) is 16.7 Å². The van der Waals surface area contributed by atoms with E-state index < -0.39 is 0 Å². The molecular formula is C21H46N2. The lowest BCUT2D eigenvalue weighted by atomic mass is 9.80. The Morgan fingerprint density at radius 3 is 1.87 bits per heavy atom. The van der Waals surface area contributed by atoms with Crippen LogP contribution in [0.15, 0.2) is 0 Å². The highest BCUT2D eigenvalue weighted by Crippen LogP contribution is 2.29.